The molecule has 0 bridgehead atoms. The van der Waals surface area contributed by atoms with Crippen LogP contribution in [0.3, 0.4) is 0 Å². The van der Waals surface area contributed by atoms with E-state index in [0.717, 1.165) is 17.5 Å². The number of rotatable bonds is 5. The Labute approximate surface area is 182 Å². The number of anilines is 2. The number of carbonyl (C=O) groups is 2. The smallest absolute Gasteiger partial charge is 0.369 e. The molecule has 3 aromatic rings. The Kier molecular flexibility index (Phi) is 6.18. The zero-order valence-corrected chi connectivity index (χ0v) is 17.6. The van der Waals surface area contributed by atoms with E-state index in [0.29, 0.717) is 11.1 Å². The van der Waals surface area contributed by atoms with Gasteiger partial charge in [0.2, 0.25) is 0 Å². The quantitative estimate of drug-likeness (QED) is 0.521. The summed E-state index contributed by atoms with van der Waals surface area (Å²) in [6.45, 7) is 1.66. The van der Waals surface area contributed by atoms with Gasteiger partial charge in [0, 0.05) is 13.2 Å². The van der Waals surface area contributed by atoms with E-state index < -0.39 is 34.6 Å². The Balaban J connectivity index is 1.69. The van der Waals surface area contributed by atoms with Gasteiger partial charge in [0.1, 0.15) is 21.4 Å². The molecule has 3 aromatic heterocycles. The SMILES string of the molecule is C[C@@H](NC(=O)c1cnc(N)n1C)c1ncc(C(=O)Nc2cc(C(F)(F)F)c(Cl)cn2)s1. The van der Waals surface area contributed by atoms with Crippen molar-refractivity contribution in [1.82, 2.24) is 24.8 Å². The summed E-state index contributed by atoms with van der Waals surface area (Å²) in [6, 6.07) is 0.0885. The number of thiazole rings is 1. The average molecular weight is 474 g/mol. The molecule has 0 aliphatic rings. The zero-order chi connectivity index (χ0) is 22.9. The highest BCUT2D eigenvalue weighted by atomic mass is 35.5. The van der Waals surface area contributed by atoms with Gasteiger partial charge >= 0.3 is 6.18 Å². The lowest BCUT2D eigenvalue weighted by molar-refractivity contribution is -0.137. The van der Waals surface area contributed by atoms with Gasteiger partial charge in [0.15, 0.2) is 5.95 Å². The summed E-state index contributed by atoms with van der Waals surface area (Å²) < 4.78 is 40.3. The summed E-state index contributed by atoms with van der Waals surface area (Å²) in [5, 5.41) is 4.82. The summed E-state index contributed by atoms with van der Waals surface area (Å²) in [6.07, 6.45) is -1.31. The number of nitrogens with zero attached hydrogens (tertiary/aromatic N) is 4. The first-order valence-corrected chi connectivity index (χ1v) is 9.74. The topological polar surface area (TPSA) is 128 Å². The molecule has 3 heterocycles. The van der Waals surface area contributed by atoms with Gasteiger partial charge in [-0.3, -0.25) is 9.59 Å². The van der Waals surface area contributed by atoms with Crippen LogP contribution in [0.15, 0.2) is 24.7 Å². The van der Waals surface area contributed by atoms with Gasteiger partial charge in [-0.25, -0.2) is 15.0 Å². The van der Waals surface area contributed by atoms with Crippen LogP contribution >= 0.6 is 22.9 Å². The fourth-order valence-corrected chi connectivity index (χ4v) is 3.49. The van der Waals surface area contributed by atoms with Gasteiger partial charge in [0.05, 0.1) is 29.0 Å². The third-order valence-corrected chi connectivity index (χ3v) is 5.60. The number of halogens is 4. The Bertz CT molecular complexity index is 1150. The number of nitrogens with one attached hydrogen (secondary N) is 2. The maximum absolute atomic E-state index is 13.0. The van der Waals surface area contributed by atoms with Gasteiger partial charge in [-0.1, -0.05) is 11.6 Å². The highest BCUT2D eigenvalue weighted by molar-refractivity contribution is 7.13. The van der Waals surface area contributed by atoms with Crippen LogP contribution in [0.4, 0.5) is 24.9 Å². The molecule has 4 N–H and O–H groups in total. The molecule has 0 unspecified atom stereocenters. The lowest BCUT2D eigenvalue weighted by atomic mass is 10.2. The number of pyridine rings is 1. The van der Waals surface area contributed by atoms with Crippen LogP contribution in [0, 0.1) is 0 Å². The Hall–Kier alpha value is -3.19. The summed E-state index contributed by atoms with van der Waals surface area (Å²) in [5.74, 6) is -1.28. The minimum Gasteiger partial charge on any atom is -0.369 e. The summed E-state index contributed by atoms with van der Waals surface area (Å²) in [7, 11) is 1.59. The Morgan fingerprint density at radius 1 is 1.19 bits per heavy atom. The lowest BCUT2D eigenvalue weighted by Gasteiger charge is -2.11. The fourth-order valence-electron chi connectivity index (χ4n) is 2.46. The van der Waals surface area contributed by atoms with E-state index in [4.69, 9.17) is 17.3 Å². The monoisotopic (exact) mass is 473 g/mol. The van der Waals surface area contributed by atoms with Gasteiger partial charge in [0.25, 0.3) is 11.8 Å². The summed E-state index contributed by atoms with van der Waals surface area (Å²) in [4.78, 5) is 36.5. The molecule has 164 valence electrons. The molecule has 0 spiro atoms. The molecule has 0 aliphatic carbocycles. The van der Waals surface area contributed by atoms with Crippen molar-refractivity contribution in [3.63, 3.8) is 0 Å². The Morgan fingerprint density at radius 2 is 1.90 bits per heavy atom. The summed E-state index contributed by atoms with van der Waals surface area (Å²) >= 11 is 6.49. The molecule has 3 rings (SSSR count). The Morgan fingerprint density at radius 3 is 2.52 bits per heavy atom. The highest BCUT2D eigenvalue weighted by Crippen LogP contribution is 2.35. The number of amides is 2. The van der Waals surface area contributed by atoms with Gasteiger partial charge in [-0.15, -0.1) is 11.3 Å². The normalized spacial score (nSPS) is 12.5. The number of imidazole rings is 1. The molecule has 2 amide bonds. The number of hydrogen-bond acceptors (Lipinski definition) is 7. The molecule has 0 fully saturated rings. The van der Waals surface area contributed by atoms with Crippen molar-refractivity contribution < 1.29 is 22.8 Å². The predicted octanol–water partition coefficient (Wildman–Crippen LogP) is 3.27. The molecule has 31 heavy (non-hydrogen) atoms. The molecule has 0 radical (unpaired) electrons. The molecule has 1 atom stereocenters. The molecule has 9 nitrogen and oxygen atoms in total. The molecule has 0 aromatic carbocycles. The highest BCUT2D eigenvalue weighted by Gasteiger charge is 2.34. The second-order valence-electron chi connectivity index (χ2n) is 6.32. The van der Waals surface area contributed by atoms with Crippen LogP contribution in [0.2, 0.25) is 5.02 Å². The molecule has 14 heteroatoms. The van der Waals surface area contributed by atoms with Gasteiger partial charge in [-0.2, -0.15) is 13.2 Å². The number of alkyl halides is 3. The second-order valence-corrected chi connectivity index (χ2v) is 7.79. The first kappa shape index (κ1) is 22.5. The van der Waals surface area contributed by atoms with Crippen molar-refractivity contribution in [1.29, 1.82) is 0 Å². The third kappa shape index (κ3) is 4.94. The van der Waals surface area contributed by atoms with Gasteiger partial charge in [-0.05, 0) is 13.0 Å². The molecular weight excluding hydrogens is 459 g/mol. The molecule has 0 aliphatic heterocycles. The van der Waals surface area contributed by atoms with E-state index in [-0.39, 0.29) is 22.3 Å². The molecule has 0 saturated carbocycles. The summed E-state index contributed by atoms with van der Waals surface area (Å²) in [5.41, 5.74) is 4.73. The number of nitrogen functional groups attached to an aromatic ring is 1. The zero-order valence-electron chi connectivity index (χ0n) is 16.0. The van der Waals surface area contributed by atoms with Gasteiger partial charge < -0.3 is 20.9 Å². The first-order valence-electron chi connectivity index (χ1n) is 8.55. The largest absolute Gasteiger partial charge is 0.418 e. The van der Waals surface area contributed by atoms with Crippen molar-refractivity contribution in [2.24, 2.45) is 7.05 Å². The van der Waals surface area contributed by atoms with E-state index >= 15 is 0 Å². The van der Waals surface area contributed by atoms with E-state index in [2.05, 4.69) is 25.6 Å². The van der Waals surface area contributed by atoms with E-state index in [1.165, 1.54) is 17.0 Å². The predicted molar refractivity (Wildman–Crippen MR) is 108 cm³/mol. The van der Waals surface area contributed by atoms with Crippen molar-refractivity contribution in [2.45, 2.75) is 19.1 Å². The van der Waals surface area contributed by atoms with Crippen molar-refractivity contribution in [3.05, 3.63) is 50.8 Å². The van der Waals surface area contributed by atoms with E-state index in [1.807, 2.05) is 0 Å². The van der Waals surface area contributed by atoms with Crippen molar-refractivity contribution >= 4 is 46.5 Å². The minimum absolute atomic E-state index is 0.117. The van der Waals surface area contributed by atoms with Crippen molar-refractivity contribution in [2.75, 3.05) is 11.1 Å². The van der Waals surface area contributed by atoms with Crippen LogP contribution in [0.1, 0.15) is 43.7 Å². The molecule has 0 saturated heterocycles. The van der Waals surface area contributed by atoms with Crippen LogP contribution in [-0.4, -0.2) is 31.3 Å². The van der Waals surface area contributed by atoms with Crippen LogP contribution in [0.5, 0.6) is 0 Å². The van der Waals surface area contributed by atoms with Crippen LogP contribution in [-0.2, 0) is 13.2 Å². The number of nitrogens with two attached hydrogens (primary N) is 1. The number of carbonyl (C=O) groups excluding carboxylic acids is 2. The molecular formula is C17H15ClF3N7O2S. The number of aromatic nitrogens is 4. The van der Waals surface area contributed by atoms with Crippen LogP contribution in [0.25, 0.3) is 0 Å². The maximum atomic E-state index is 13.0. The first-order chi connectivity index (χ1) is 14.5. The fraction of sp³-hybridized carbons (Fsp3) is 0.235. The van der Waals surface area contributed by atoms with E-state index in [9.17, 15) is 22.8 Å². The second kappa shape index (κ2) is 8.51. The average Bonchev–Trinajstić information content (AvgIpc) is 3.30. The maximum Gasteiger partial charge on any atom is 0.418 e. The van der Waals surface area contributed by atoms with Crippen LogP contribution < -0.4 is 16.4 Å². The minimum atomic E-state index is -4.69. The van der Waals surface area contributed by atoms with E-state index in [1.54, 1.807) is 14.0 Å². The number of hydrogen-bond donors (Lipinski definition) is 3. The van der Waals surface area contributed by atoms with Crippen molar-refractivity contribution in [3.8, 4) is 0 Å². The lowest BCUT2D eigenvalue weighted by Crippen LogP contribution is -2.28. The standard InChI is InChI=1S/C17H15ClF3N7O2S/c1-7(26-13(29)10-5-25-16(22)28(10)2)15-24-6-11(31-15)14(30)27-12-3-8(17(19,20)21)9(18)4-23-12/h3-7H,1-2H3,(H2,22,25)(H,26,29)(H,23,27,30)/t7-/m1/s1. The third-order valence-electron chi connectivity index (χ3n) is 4.12.